The van der Waals surface area contributed by atoms with Crippen LogP contribution in [0.15, 0.2) is 64.5 Å². The molecule has 0 unspecified atom stereocenters. The van der Waals surface area contributed by atoms with Gasteiger partial charge in [0.25, 0.3) is 21.5 Å². The summed E-state index contributed by atoms with van der Waals surface area (Å²) >= 11 is 0. The van der Waals surface area contributed by atoms with E-state index in [1.165, 1.54) is 18.5 Å². The molecule has 1 heterocycles. The molecule has 0 spiro atoms. The summed E-state index contributed by atoms with van der Waals surface area (Å²) in [7, 11) is -3.98. The van der Waals surface area contributed by atoms with Gasteiger partial charge in [-0.15, -0.1) is 0 Å². The molecule has 7 nitrogen and oxygen atoms in total. The van der Waals surface area contributed by atoms with Crippen molar-refractivity contribution in [2.45, 2.75) is 18.4 Å². The van der Waals surface area contributed by atoms with Gasteiger partial charge in [-0.25, -0.2) is 18.1 Å². The molecule has 128 valence electrons. The van der Waals surface area contributed by atoms with Crippen LogP contribution in [0, 0.1) is 6.92 Å². The number of carbonyl (C=O) groups excluding carboxylic acids is 1. The number of aryl methyl sites for hydroxylation is 1. The summed E-state index contributed by atoms with van der Waals surface area (Å²) in [5.41, 5.74) is 1.000. The maximum Gasteiger partial charge on any atom is 0.264 e. The van der Waals surface area contributed by atoms with Gasteiger partial charge in [-0.1, -0.05) is 30.3 Å². The highest BCUT2D eigenvalue weighted by Crippen LogP contribution is 2.11. The average Bonchev–Trinajstić information content (AvgIpc) is 2.58. The van der Waals surface area contributed by atoms with Crippen molar-refractivity contribution in [1.29, 1.82) is 0 Å². The highest BCUT2D eigenvalue weighted by molar-refractivity contribution is 7.90. The number of hydrogen-bond acceptors (Lipinski definition) is 5. The lowest BCUT2D eigenvalue weighted by Gasteiger charge is -2.09. The number of hydrogen-bond donors (Lipinski definition) is 1. The Kier molecular flexibility index (Phi) is 4.37. The molecule has 1 amide bonds. The summed E-state index contributed by atoms with van der Waals surface area (Å²) in [4.78, 5) is 28.7. The number of nitrogens with zero attached hydrogens (tertiary/aromatic N) is 2. The van der Waals surface area contributed by atoms with Crippen LogP contribution in [-0.4, -0.2) is 23.9 Å². The summed E-state index contributed by atoms with van der Waals surface area (Å²) in [5.74, 6) is -0.820. The Balaban J connectivity index is 1.86. The third kappa shape index (κ3) is 3.43. The van der Waals surface area contributed by atoms with Crippen molar-refractivity contribution in [1.82, 2.24) is 14.3 Å². The van der Waals surface area contributed by atoms with Gasteiger partial charge in [-0.05, 0) is 30.7 Å². The summed E-state index contributed by atoms with van der Waals surface area (Å²) < 4.78 is 27.3. The van der Waals surface area contributed by atoms with Gasteiger partial charge in [0.15, 0.2) is 0 Å². The van der Waals surface area contributed by atoms with E-state index in [0.717, 1.165) is 10.1 Å². The number of aromatic nitrogens is 2. The van der Waals surface area contributed by atoms with E-state index in [1.807, 2.05) is 17.7 Å². The van der Waals surface area contributed by atoms with Gasteiger partial charge in [0.05, 0.1) is 22.1 Å². The first-order chi connectivity index (χ1) is 11.9. The number of benzene rings is 2. The van der Waals surface area contributed by atoms with Crippen molar-refractivity contribution in [2.24, 2.45) is 0 Å². The first-order valence-corrected chi connectivity index (χ1v) is 8.92. The van der Waals surface area contributed by atoms with E-state index in [0.29, 0.717) is 10.9 Å². The van der Waals surface area contributed by atoms with E-state index in [9.17, 15) is 18.0 Å². The molecule has 1 N–H and O–H groups in total. The van der Waals surface area contributed by atoms with Gasteiger partial charge in [-0.3, -0.25) is 14.2 Å². The Hall–Kier alpha value is -3.00. The predicted molar refractivity (Wildman–Crippen MR) is 92.5 cm³/mol. The first-order valence-electron chi connectivity index (χ1n) is 7.44. The lowest BCUT2D eigenvalue weighted by molar-refractivity contribution is -0.119. The highest BCUT2D eigenvalue weighted by atomic mass is 32.2. The number of carbonyl (C=O) groups is 1. The fourth-order valence-corrected chi connectivity index (χ4v) is 3.44. The molecule has 0 saturated heterocycles. The van der Waals surface area contributed by atoms with Crippen LogP contribution in [0.25, 0.3) is 10.9 Å². The molecule has 0 atom stereocenters. The Morgan fingerprint density at radius 1 is 1.12 bits per heavy atom. The van der Waals surface area contributed by atoms with Crippen LogP contribution in [0.4, 0.5) is 0 Å². The number of nitrogens with one attached hydrogen (secondary N) is 1. The molecular formula is C17H15N3O4S. The van der Waals surface area contributed by atoms with Crippen molar-refractivity contribution in [3.05, 3.63) is 70.8 Å². The van der Waals surface area contributed by atoms with Gasteiger partial charge in [0.2, 0.25) is 0 Å². The normalized spacial score (nSPS) is 11.4. The number of fused-ring (bicyclic) bond motifs is 1. The molecule has 3 aromatic rings. The zero-order valence-electron chi connectivity index (χ0n) is 13.3. The predicted octanol–water partition coefficient (Wildman–Crippen LogP) is 1.21. The summed E-state index contributed by atoms with van der Waals surface area (Å²) in [6, 6.07) is 12.7. The molecule has 0 aliphatic rings. The Morgan fingerprint density at radius 2 is 1.84 bits per heavy atom. The summed E-state index contributed by atoms with van der Waals surface area (Å²) in [6.45, 7) is 1.39. The van der Waals surface area contributed by atoms with Crippen LogP contribution in [-0.2, 0) is 21.4 Å². The lowest BCUT2D eigenvalue weighted by Crippen LogP contribution is -2.36. The van der Waals surface area contributed by atoms with Gasteiger partial charge in [0.1, 0.15) is 6.54 Å². The minimum atomic E-state index is -3.98. The highest BCUT2D eigenvalue weighted by Gasteiger charge is 2.18. The smallest absolute Gasteiger partial charge is 0.264 e. The molecule has 8 heteroatoms. The standard InChI is InChI=1S/C17H15N3O4S/c1-12-6-5-9-14-16(12)18-11-20(17(14)22)10-15(21)19-25(23,24)13-7-3-2-4-8-13/h2-9,11H,10H2,1H3,(H,19,21). The minimum absolute atomic E-state index is 0.0250. The Bertz CT molecular complexity index is 1110. The maximum atomic E-state index is 12.4. The maximum absolute atomic E-state index is 12.4. The van der Waals surface area contributed by atoms with E-state index in [1.54, 1.807) is 30.3 Å². The van der Waals surface area contributed by atoms with Gasteiger partial charge < -0.3 is 0 Å². The molecule has 2 aromatic carbocycles. The monoisotopic (exact) mass is 357 g/mol. The van der Waals surface area contributed by atoms with Crippen LogP contribution in [0.5, 0.6) is 0 Å². The Morgan fingerprint density at radius 3 is 2.56 bits per heavy atom. The van der Waals surface area contributed by atoms with Crippen molar-refractivity contribution in [3.63, 3.8) is 0 Å². The van der Waals surface area contributed by atoms with Crippen LogP contribution in [0.1, 0.15) is 5.56 Å². The Labute approximate surface area is 144 Å². The van der Waals surface area contributed by atoms with Gasteiger partial charge in [0, 0.05) is 0 Å². The van der Waals surface area contributed by atoms with Crippen LogP contribution in [0.2, 0.25) is 0 Å². The van der Waals surface area contributed by atoms with Crippen molar-refractivity contribution >= 4 is 26.8 Å². The van der Waals surface area contributed by atoms with Crippen LogP contribution in [0.3, 0.4) is 0 Å². The van der Waals surface area contributed by atoms with E-state index in [-0.39, 0.29) is 4.90 Å². The van der Waals surface area contributed by atoms with Crippen molar-refractivity contribution in [3.8, 4) is 0 Å². The van der Waals surface area contributed by atoms with E-state index >= 15 is 0 Å². The second kappa shape index (κ2) is 6.48. The van der Waals surface area contributed by atoms with Crippen LogP contribution >= 0.6 is 0 Å². The molecule has 0 aliphatic heterocycles. The van der Waals surface area contributed by atoms with Gasteiger partial charge in [-0.2, -0.15) is 0 Å². The number of amides is 1. The average molecular weight is 357 g/mol. The number of rotatable bonds is 4. The first kappa shape index (κ1) is 16.8. The summed E-state index contributed by atoms with van der Waals surface area (Å²) in [6.07, 6.45) is 1.24. The SMILES string of the molecule is Cc1cccc2c(=O)n(CC(=O)NS(=O)(=O)c3ccccc3)cnc12. The van der Waals surface area contributed by atoms with Crippen LogP contribution < -0.4 is 10.3 Å². The topological polar surface area (TPSA) is 98.1 Å². The fraction of sp³-hybridized carbons (Fsp3) is 0.118. The van der Waals surface area contributed by atoms with E-state index < -0.39 is 28.0 Å². The fourth-order valence-electron chi connectivity index (χ4n) is 2.45. The molecule has 0 radical (unpaired) electrons. The molecule has 0 saturated carbocycles. The number of sulfonamides is 1. The van der Waals surface area contributed by atoms with Gasteiger partial charge >= 0.3 is 0 Å². The largest absolute Gasteiger partial charge is 0.289 e. The zero-order chi connectivity index (χ0) is 18.0. The quantitative estimate of drug-likeness (QED) is 0.757. The molecule has 0 aliphatic carbocycles. The van der Waals surface area contributed by atoms with Crippen molar-refractivity contribution < 1.29 is 13.2 Å². The molecule has 0 bridgehead atoms. The molecular weight excluding hydrogens is 342 g/mol. The number of para-hydroxylation sites is 1. The molecule has 0 fully saturated rings. The lowest BCUT2D eigenvalue weighted by atomic mass is 10.1. The van der Waals surface area contributed by atoms with Crippen molar-refractivity contribution in [2.75, 3.05) is 0 Å². The zero-order valence-corrected chi connectivity index (χ0v) is 14.2. The summed E-state index contributed by atoms with van der Waals surface area (Å²) in [5, 5.41) is 0.376. The molecule has 1 aromatic heterocycles. The second-order valence-corrected chi connectivity index (χ2v) is 7.17. The van der Waals surface area contributed by atoms with E-state index in [2.05, 4.69) is 4.98 Å². The third-order valence-corrected chi connectivity index (χ3v) is 5.06. The minimum Gasteiger partial charge on any atom is -0.289 e. The molecule has 3 rings (SSSR count). The molecule has 25 heavy (non-hydrogen) atoms. The van der Waals surface area contributed by atoms with E-state index in [4.69, 9.17) is 0 Å². The second-order valence-electron chi connectivity index (χ2n) is 5.49. The third-order valence-electron chi connectivity index (χ3n) is 3.67.